The maximum atomic E-state index is 12.5. The quantitative estimate of drug-likeness (QED) is 0.685. The molecule has 0 amide bonds. The van der Waals surface area contributed by atoms with Gasteiger partial charge in [0.25, 0.3) is 10.0 Å². The van der Waals surface area contributed by atoms with Gasteiger partial charge in [-0.25, -0.2) is 13.4 Å². The van der Waals surface area contributed by atoms with Crippen LogP contribution in [-0.2, 0) is 16.6 Å². The molecule has 1 aliphatic heterocycles. The minimum absolute atomic E-state index is 0.0850. The van der Waals surface area contributed by atoms with Gasteiger partial charge in [0.05, 0.1) is 29.6 Å². The Morgan fingerprint density at radius 2 is 1.96 bits per heavy atom. The molecule has 0 aliphatic carbocycles. The third kappa shape index (κ3) is 3.42. The highest BCUT2D eigenvalue weighted by atomic mass is 32.2. The topological polar surface area (TPSA) is 103 Å². The molecule has 26 heavy (non-hydrogen) atoms. The molecule has 0 saturated heterocycles. The van der Waals surface area contributed by atoms with Crippen molar-refractivity contribution in [1.82, 2.24) is 4.98 Å². The van der Waals surface area contributed by atoms with Crippen molar-refractivity contribution < 1.29 is 22.3 Å². The maximum Gasteiger partial charge on any atom is 0.262 e. The van der Waals surface area contributed by atoms with E-state index in [4.69, 9.17) is 13.9 Å². The lowest BCUT2D eigenvalue weighted by Gasteiger charge is -2.09. The van der Waals surface area contributed by atoms with E-state index in [0.29, 0.717) is 29.5 Å². The number of fused-ring (bicyclic) bond motifs is 1. The van der Waals surface area contributed by atoms with Crippen molar-refractivity contribution in [2.24, 2.45) is 0 Å². The summed E-state index contributed by atoms with van der Waals surface area (Å²) in [5.74, 6) is 2.31. The summed E-state index contributed by atoms with van der Waals surface area (Å²) in [6.45, 7) is 0.574. The number of nitrogens with zero attached hydrogens (tertiary/aromatic N) is 1. The van der Waals surface area contributed by atoms with Crippen LogP contribution >= 0.6 is 0 Å². The molecule has 2 aromatic heterocycles. The van der Waals surface area contributed by atoms with Gasteiger partial charge in [-0.15, -0.1) is 0 Å². The molecule has 1 aromatic carbocycles. The largest absolute Gasteiger partial charge is 0.467 e. The van der Waals surface area contributed by atoms with Gasteiger partial charge in [-0.1, -0.05) is 0 Å². The van der Waals surface area contributed by atoms with Crippen molar-refractivity contribution >= 4 is 21.5 Å². The number of pyridine rings is 1. The van der Waals surface area contributed by atoms with Crippen molar-refractivity contribution in [3.05, 3.63) is 60.7 Å². The van der Waals surface area contributed by atoms with E-state index in [9.17, 15) is 8.42 Å². The summed E-state index contributed by atoms with van der Waals surface area (Å²) in [6, 6.07) is 11.4. The van der Waals surface area contributed by atoms with E-state index >= 15 is 0 Å². The van der Waals surface area contributed by atoms with Crippen LogP contribution in [0.15, 0.2) is 64.2 Å². The number of furan rings is 1. The molecule has 8 nitrogen and oxygen atoms in total. The summed E-state index contributed by atoms with van der Waals surface area (Å²) in [5.41, 5.74) is 0.353. The van der Waals surface area contributed by atoms with Crippen molar-refractivity contribution in [2.75, 3.05) is 16.8 Å². The molecule has 2 N–H and O–H groups in total. The first-order valence-corrected chi connectivity index (χ1v) is 9.23. The van der Waals surface area contributed by atoms with Gasteiger partial charge in [0.15, 0.2) is 11.5 Å². The first kappa shape index (κ1) is 16.3. The van der Waals surface area contributed by atoms with Crippen molar-refractivity contribution in [3.63, 3.8) is 0 Å². The summed E-state index contributed by atoms with van der Waals surface area (Å²) < 4.78 is 43.1. The number of benzene rings is 1. The average molecular weight is 373 g/mol. The molecular weight excluding hydrogens is 358 g/mol. The smallest absolute Gasteiger partial charge is 0.262 e. The lowest BCUT2D eigenvalue weighted by atomic mass is 10.3. The molecule has 134 valence electrons. The first-order chi connectivity index (χ1) is 12.6. The lowest BCUT2D eigenvalue weighted by Crippen LogP contribution is -2.13. The average Bonchev–Trinajstić information content (AvgIpc) is 3.32. The number of ether oxygens (including phenoxy) is 2. The summed E-state index contributed by atoms with van der Waals surface area (Å²) in [7, 11) is -3.76. The minimum Gasteiger partial charge on any atom is -0.467 e. The van der Waals surface area contributed by atoms with Crippen LogP contribution < -0.4 is 19.5 Å². The second-order valence-corrected chi connectivity index (χ2v) is 7.17. The zero-order valence-electron chi connectivity index (χ0n) is 13.5. The number of hydrogen-bond acceptors (Lipinski definition) is 7. The molecule has 0 saturated carbocycles. The molecule has 0 fully saturated rings. The Hall–Kier alpha value is -3.20. The predicted molar refractivity (Wildman–Crippen MR) is 93.6 cm³/mol. The van der Waals surface area contributed by atoms with E-state index in [1.165, 1.54) is 18.3 Å². The standard InChI is InChI=1S/C17H15N3O5S/c21-26(22,14-4-5-15-16(8-14)25-11-24-15)20-12-3-6-17(18-9-12)19-10-13-2-1-7-23-13/h1-9,20H,10-11H2,(H,18,19). The van der Waals surface area contributed by atoms with Crippen LogP contribution in [0.1, 0.15) is 5.76 Å². The van der Waals surface area contributed by atoms with E-state index < -0.39 is 10.0 Å². The third-order valence-electron chi connectivity index (χ3n) is 3.69. The molecule has 1 aliphatic rings. The summed E-state index contributed by atoms with van der Waals surface area (Å²) in [6.07, 6.45) is 3.04. The minimum atomic E-state index is -3.76. The van der Waals surface area contributed by atoms with Gasteiger partial charge in [-0.05, 0) is 36.4 Å². The summed E-state index contributed by atoms with van der Waals surface area (Å²) >= 11 is 0. The van der Waals surface area contributed by atoms with Crippen LogP contribution in [0.4, 0.5) is 11.5 Å². The zero-order chi connectivity index (χ0) is 18.0. The SMILES string of the molecule is O=S(=O)(Nc1ccc(NCc2ccco2)nc1)c1ccc2c(c1)OCO2. The summed E-state index contributed by atoms with van der Waals surface area (Å²) in [5, 5.41) is 3.08. The second kappa shape index (κ2) is 6.60. The van der Waals surface area contributed by atoms with E-state index in [-0.39, 0.29) is 11.7 Å². The van der Waals surface area contributed by atoms with Crippen LogP contribution in [0.25, 0.3) is 0 Å². The van der Waals surface area contributed by atoms with Gasteiger partial charge in [-0.2, -0.15) is 0 Å². The van der Waals surface area contributed by atoms with Crippen LogP contribution in [-0.4, -0.2) is 20.2 Å². The fourth-order valence-corrected chi connectivity index (χ4v) is 3.47. The van der Waals surface area contributed by atoms with Crippen LogP contribution in [0.5, 0.6) is 11.5 Å². The molecule has 4 rings (SSSR count). The van der Waals surface area contributed by atoms with Crippen molar-refractivity contribution in [2.45, 2.75) is 11.4 Å². The van der Waals surface area contributed by atoms with E-state index in [0.717, 1.165) is 5.76 Å². The number of anilines is 2. The molecule has 0 unspecified atom stereocenters. The van der Waals surface area contributed by atoms with Crippen molar-refractivity contribution in [3.8, 4) is 11.5 Å². The van der Waals surface area contributed by atoms with E-state index in [2.05, 4.69) is 15.0 Å². The van der Waals surface area contributed by atoms with Gasteiger partial charge in [0.1, 0.15) is 11.6 Å². The highest BCUT2D eigenvalue weighted by molar-refractivity contribution is 7.92. The number of rotatable bonds is 6. The molecule has 3 aromatic rings. The van der Waals surface area contributed by atoms with E-state index in [1.54, 1.807) is 30.5 Å². The number of hydrogen-bond donors (Lipinski definition) is 2. The molecule has 0 bridgehead atoms. The lowest BCUT2D eigenvalue weighted by molar-refractivity contribution is 0.174. The highest BCUT2D eigenvalue weighted by Gasteiger charge is 2.20. The summed E-state index contributed by atoms with van der Waals surface area (Å²) in [4.78, 5) is 4.27. The Morgan fingerprint density at radius 3 is 2.73 bits per heavy atom. The first-order valence-electron chi connectivity index (χ1n) is 7.75. The predicted octanol–water partition coefficient (Wildman–Crippen LogP) is 2.82. The Bertz CT molecular complexity index is 1000. The van der Waals surface area contributed by atoms with Crippen LogP contribution in [0.3, 0.4) is 0 Å². The number of aromatic nitrogens is 1. The molecular formula is C17H15N3O5S. The Labute approximate surface area is 149 Å². The molecule has 9 heteroatoms. The maximum absolute atomic E-state index is 12.5. The van der Waals surface area contributed by atoms with Crippen LogP contribution in [0, 0.1) is 0 Å². The zero-order valence-corrected chi connectivity index (χ0v) is 14.3. The van der Waals surface area contributed by atoms with Gasteiger partial charge in [0.2, 0.25) is 6.79 Å². The van der Waals surface area contributed by atoms with Gasteiger partial charge < -0.3 is 19.2 Å². The van der Waals surface area contributed by atoms with Gasteiger partial charge >= 0.3 is 0 Å². The van der Waals surface area contributed by atoms with Crippen LogP contribution in [0.2, 0.25) is 0 Å². The molecule has 0 spiro atoms. The van der Waals surface area contributed by atoms with Gasteiger partial charge in [0, 0.05) is 6.07 Å². The molecule has 0 atom stereocenters. The molecule has 0 radical (unpaired) electrons. The Morgan fingerprint density at radius 1 is 1.08 bits per heavy atom. The number of nitrogens with one attached hydrogen (secondary N) is 2. The fraction of sp³-hybridized carbons (Fsp3) is 0.118. The Balaban J connectivity index is 1.44. The fourth-order valence-electron chi connectivity index (χ4n) is 2.41. The second-order valence-electron chi connectivity index (χ2n) is 5.49. The Kier molecular flexibility index (Phi) is 4.13. The third-order valence-corrected chi connectivity index (χ3v) is 5.07. The monoisotopic (exact) mass is 373 g/mol. The number of sulfonamides is 1. The van der Waals surface area contributed by atoms with E-state index in [1.807, 2.05) is 6.07 Å². The molecule has 3 heterocycles. The van der Waals surface area contributed by atoms with Crippen molar-refractivity contribution in [1.29, 1.82) is 0 Å². The van der Waals surface area contributed by atoms with Gasteiger partial charge in [-0.3, -0.25) is 4.72 Å². The highest BCUT2D eigenvalue weighted by Crippen LogP contribution is 2.34. The normalized spacial score (nSPS) is 12.8.